The Balaban J connectivity index is 1.45. The molecule has 144 valence electrons. The molecule has 3 aromatic rings. The van der Waals surface area contributed by atoms with Crippen molar-refractivity contribution in [2.24, 2.45) is 0 Å². The highest BCUT2D eigenvalue weighted by Crippen LogP contribution is 2.22. The fourth-order valence-electron chi connectivity index (χ4n) is 2.93. The quantitative estimate of drug-likeness (QED) is 0.606. The summed E-state index contributed by atoms with van der Waals surface area (Å²) in [6, 6.07) is 23.5. The average Bonchev–Trinajstić information content (AvgIpc) is 2.70. The average molecular weight is 375 g/mol. The first-order valence-corrected chi connectivity index (χ1v) is 9.37. The van der Waals surface area contributed by atoms with Crippen molar-refractivity contribution in [1.82, 2.24) is 0 Å². The van der Waals surface area contributed by atoms with Crippen molar-refractivity contribution in [2.75, 3.05) is 18.5 Å². The highest BCUT2D eigenvalue weighted by atomic mass is 16.5. The maximum absolute atomic E-state index is 12.2. The lowest BCUT2D eigenvalue weighted by atomic mass is 10.1. The Kier molecular flexibility index (Phi) is 6.68. The van der Waals surface area contributed by atoms with Gasteiger partial charge in [0.05, 0.1) is 6.61 Å². The number of carbonyl (C=O) groups excluding carboxylic acids is 1. The highest BCUT2D eigenvalue weighted by Gasteiger charge is 2.08. The van der Waals surface area contributed by atoms with Gasteiger partial charge in [-0.05, 0) is 54.8 Å². The number of hydrogen-bond donors (Lipinski definition) is 1. The van der Waals surface area contributed by atoms with Gasteiger partial charge in [0.1, 0.15) is 11.5 Å². The van der Waals surface area contributed by atoms with E-state index in [9.17, 15) is 4.79 Å². The third-order valence-electron chi connectivity index (χ3n) is 4.40. The van der Waals surface area contributed by atoms with Gasteiger partial charge in [0.2, 0.25) is 0 Å². The van der Waals surface area contributed by atoms with Gasteiger partial charge in [0.15, 0.2) is 6.61 Å². The van der Waals surface area contributed by atoms with Crippen molar-refractivity contribution in [3.8, 4) is 11.5 Å². The molecule has 0 spiro atoms. The van der Waals surface area contributed by atoms with Gasteiger partial charge in [0.25, 0.3) is 5.91 Å². The molecule has 0 fully saturated rings. The van der Waals surface area contributed by atoms with Gasteiger partial charge in [-0.1, -0.05) is 48.5 Å². The monoisotopic (exact) mass is 375 g/mol. The highest BCUT2D eigenvalue weighted by molar-refractivity contribution is 5.91. The maximum Gasteiger partial charge on any atom is 0.262 e. The van der Waals surface area contributed by atoms with E-state index in [4.69, 9.17) is 9.47 Å². The zero-order chi connectivity index (χ0) is 19.8. The van der Waals surface area contributed by atoms with E-state index in [2.05, 4.69) is 17.4 Å². The molecule has 28 heavy (non-hydrogen) atoms. The Morgan fingerprint density at radius 1 is 0.821 bits per heavy atom. The van der Waals surface area contributed by atoms with E-state index >= 15 is 0 Å². The predicted octanol–water partition coefficient (Wildman–Crippen LogP) is 4.94. The Morgan fingerprint density at radius 2 is 1.50 bits per heavy atom. The van der Waals surface area contributed by atoms with E-state index in [1.807, 2.05) is 74.5 Å². The number of benzene rings is 3. The topological polar surface area (TPSA) is 47.6 Å². The summed E-state index contributed by atoms with van der Waals surface area (Å²) in [5.74, 6) is 1.35. The summed E-state index contributed by atoms with van der Waals surface area (Å²) in [6.07, 6.45) is 0.856. The van der Waals surface area contributed by atoms with Crippen LogP contribution in [-0.4, -0.2) is 19.1 Å². The largest absolute Gasteiger partial charge is 0.493 e. The molecular formula is C24H25NO3. The number of aryl methyl sites for hydroxylation is 2. The van der Waals surface area contributed by atoms with E-state index in [0.29, 0.717) is 12.3 Å². The normalized spacial score (nSPS) is 10.4. The lowest BCUT2D eigenvalue weighted by molar-refractivity contribution is -0.118. The zero-order valence-electron chi connectivity index (χ0n) is 16.3. The van der Waals surface area contributed by atoms with E-state index in [-0.39, 0.29) is 12.5 Å². The number of hydrogen-bond acceptors (Lipinski definition) is 3. The van der Waals surface area contributed by atoms with Gasteiger partial charge >= 0.3 is 0 Å². The smallest absolute Gasteiger partial charge is 0.262 e. The second-order valence-electron chi connectivity index (χ2n) is 6.67. The fraction of sp³-hybridized carbons (Fsp3) is 0.208. The number of amides is 1. The Bertz CT molecular complexity index is 885. The van der Waals surface area contributed by atoms with Gasteiger partial charge in [-0.15, -0.1) is 0 Å². The summed E-state index contributed by atoms with van der Waals surface area (Å²) in [6.45, 7) is 4.52. The van der Waals surface area contributed by atoms with Crippen LogP contribution in [0.1, 0.15) is 16.7 Å². The van der Waals surface area contributed by atoms with Crippen LogP contribution >= 0.6 is 0 Å². The summed E-state index contributed by atoms with van der Waals surface area (Å²) >= 11 is 0. The van der Waals surface area contributed by atoms with Gasteiger partial charge in [-0.3, -0.25) is 4.79 Å². The van der Waals surface area contributed by atoms with E-state index in [1.54, 1.807) is 0 Å². The minimum Gasteiger partial charge on any atom is -0.493 e. The molecule has 4 nitrogen and oxygen atoms in total. The standard InChI is InChI=1S/C24H25NO3/c1-18-7-6-8-19(2)24(18)28-17-23(26)25-21-11-13-22(14-12-21)27-16-15-20-9-4-3-5-10-20/h3-14H,15-17H2,1-2H3,(H,25,26). The van der Waals surface area contributed by atoms with Crippen molar-refractivity contribution >= 4 is 11.6 Å². The van der Waals surface area contributed by atoms with Crippen LogP contribution in [0.5, 0.6) is 11.5 Å². The number of nitrogens with one attached hydrogen (secondary N) is 1. The van der Waals surface area contributed by atoms with Crippen LogP contribution in [-0.2, 0) is 11.2 Å². The van der Waals surface area contributed by atoms with Gasteiger partial charge in [0, 0.05) is 12.1 Å². The molecular weight excluding hydrogens is 350 g/mol. The molecule has 0 aliphatic rings. The number of carbonyl (C=O) groups is 1. The molecule has 4 heteroatoms. The summed E-state index contributed by atoms with van der Waals surface area (Å²) < 4.78 is 11.4. The molecule has 0 unspecified atom stereocenters. The van der Waals surface area contributed by atoms with Crippen LogP contribution in [0.3, 0.4) is 0 Å². The lowest BCUT2D eigenvalue weighted by Gasteiger charge is -2.12. The van der Waals surface area contributed by atoms with E-state index in [1.165, 1.54) is 5.56 Å². The van der Waals surface area contributed by atoms with Crippen molar-refractivity contribution < 1.29 is 14.3 Å². The molecule has 0 radical (unpaired) electrons. The summed E-state index contributed by atoms with van der Waals surface area (Å²) in [5, 5.41) is 2.84. The first-order chi connectivity index (χ1) is 13.6. The third kappa shape index (κ3) is 5.61. The molecule has 0 aliphatic carbocycles. The van der Waals surface area contributed by atoms with Gasteiger partial charge in [-0.25, -0.2) is 0 Å². The van der Waals surface area contributed by atoms with E-state index < -0.39 is 0 Å². The van der Waals surface area contributed by atoms with E-state index in [0.717, 1.165) is 29.0 Å². The number of ether oxygens (including phenoxy) is 2. The molecule has 0 aromatic heterocycles. The molecule has 1 N–H and O–H groups in total. The molecule has 0 heterocycles. The SMILES string of the molecule is Cc1cccc(C)c1OCC(=O)Nc1ccc(OCCc2ccccc2)cc1. The van der Waals surface area contributed by atoms with Gasteiger partial charge in [-0.2, -0.15) is 0 Å². The first kappa shape index (κ1) is 19.5. The molecule has 3 rings (SSSR count). The molecule has 0 saturated heterocycles. The summed E-state index contributed by atoms with van der Waals surface area (Å²) in [4.78, 5) is 12.2. The van der Waals surface area contributed by atoms with Crippen LogP contribution in [0, 0.1) is 13.8 Å². The second-order valence-corrected chi connectivity index (χ2v) is 6.67. The summed E-state index contributed by atoms with van der Waals surface area (Å²) in [7, 11) is 0. The van der Waals surface area contributed by atoms with Crippen molar-refractivity contribution in [1.29, 1.82) is 0 Å². The Morgan fingerprint density at radius 3 is 2.18 bits per heavy atom. The minimum absolute atomic E-state index is 0.0268. The Labute approximate surface area is 166 Å². The molecule has 1 amide bonds. The molecule has 0 saturated carbocycles. The van der Waals surface area contributed by atoms with Crippen molar-refractivity contribution in [3.63, 3.8) is 0 Å². The number of para-hydroxylation sites is 1. The minimum atomic E-state index is -0.194. The van der Waals surface area contributed by atoms with Crippen molar-refractivity contribution in [3.05, 3.63) is 89.5 Å². The third-order valence-corrected chi connectivity index (χ3v) is 4.40. The molecule has 0 bridgehead atoms. The van der Waals surface area contributed by atoms with Crippen LogP contribution in [0.25, 0.3) is 0 Å². The van der Waals surface area contributed by atoms with Crippen LogP contribution in [0.2, 0.25) is 0 Å². The number of rotatable bonds is 8. The lowest BCUT2D eigenvalue weighted by Crippen LogP contribution is -2.20. The molecule has 3 aromatic carbocycles. The number of anilines is 1. The Hall–Kier alpha value is -3.27. The maximum atomic E-state index is 12.2. The zero-order valence-corrected chi connectivity index (χ0v) is 16.3. The first-order valence-electron chi connectivity index (χ1n) is 9.37. The van der Waals surface area contributed by atoms with Gasteiger partial charge < -0.3 is 14.8 Å². The summed E-state index contributed by atoms with van der Waals surface area (Å²) in [5.41, 5.74) is 4.00. The van der Waals surface area contributed by atoms with Crippen LogP contribution in [0.15, 0.2) is 72.8 Å². The molecule has 0 aliphatic heterocycles. The van der Waals surface area contributed by atoms with Crippen LogP contribution < -0.4 is 14.8 Å². The second kappa shape index (κ2) is 9.60. The van der Waals surface area contributed by atoms with Crippen molar-refractivity contribution in [2.45, 2.75) is 20.3 Å². The predicted molar refractivity (Wildman–Crippen MR) is 112 cm³/mol. The molecule has 0 atom stereocenters. The fourth-order valence-corrected chi connectivity index (χ4v) is 2.93. The van der Waals surface area contributed by atoms with Crippen LogP contribution in [0.4, 0.5) is 5.69 Å².